The highest BCUT2D eigenvalue weighted by molar-refractivity contribution is 5.68. The number of fused-ring (bicyclic) bond motifs is 2. The number of benzene rings is 1. The maximum absolute atomic E-state index is 9.81. The van der Waals surface area contributed by atoms with Gasteiger partial charge in [-0.3, -0.25) is 0 Å². The molecular weight excluding hydrogens is 272 g/mol. The van der Waals surface area contributed by atoms with E-state index in [0.29, 0.717) is 0 Å². The summed E-state index contributed by atoms with van der Waals surface area (Å²) in [5, 5.41) is 9.81. The Labute approximate surface area is 130 Å². The number of aryl methyl sites for hydroxylation is 3. The first kappa shape index (κ1) is 13.5. The highest BCUT2D eigenvalue weighted by atomic mass is 16.3. The van der Waals surface area contributed by atoms with Gasteiger partial charge in [0.1, 0.15) is 5.65 Å². The molecular formula is C19H20N2O. The molecule has 1 aromatic carbocycles. The monoisotopic (exact) mass is 292 g/mol. The van der Waals surface area contributed by atoms with Gasteiger partial charge in [-0.2, -0.15) is 0 Å². The quantitative estimate of drug-likeness (QED) is 0.782. The van der Waals surface area contributed by atoms with E-state index in [0.717, 1.165) is 29.0 Å². The molecule has 3 nitrogen and oxygen atoms in total. The number of imidazole rings is 1. The van der Waals surface area contributed by atoms with Gasteiger partial charge in [-0.25, -0.2) is 4.98 Å². The summed E-state index contributed by atoms with van der Waals surface area (Å²) in [6, 6.07) is 10.8. The molecule has 0 saturated heterocycles. The number of aliphatic hydroxyl groups excluding tert-OH is 1. The molecule has 3 aromatic rings. The van der Waals surface area contributed by atoms with Crippen LogP contribution in [0.3, 0.4) is 0 Å². The molecule has 22 heavy (non-hydrogen) atoms. The summed E-state index contributed by atoms with van der Waals surface area (Å²) in [4.78, 5) is 4.77. The van der Waals surface area contributed by atoms with Crippen LogP contribution in [0.15, 0.2) is 36.5 Å². The first-order valence-corrected chi connectivity index (χ1v) is 7.97. The Kier molecular flexibility index (Phi) is 3.23. The summed E-state index contributed by atoms with van der Waals surface area (Å²) < 4.78 is 1.99. The average molecular weight is 292 g/mol. The van der Waals surface area contributed by atoms with Crippen molar-refractivity contribution >= 4 is 5.65 Å². The van der Waals surface area contributed by atoms with Crippen molar-refractivity contribution in [1.82, 2.24) is 9.38 Å². The molecule has 0 aliphatic heterocycles. The predicted molar refractivity (Wildman–Crippen MR) is 87.9 cm³/mol. The zero-order chi connectivity index (χ0) is 15.1. The van der Waals surface area contributed by atoms with Crippen molar-refractivity contribution in [2.75, 3.05) is 0 Å². The van der Waals surface area contributed by atoms with E-state index in [2.05, 4.69) is 31.2 Å². The second-order valence-corrected chi connectivity index (χ2v) is 6.19. The van der Waals surface area contributed by atoms with Crippen LogP contribution in [0.2, 0.25) is 0 Å². The third-order valence-electron chi connectivity index (χ3n) is 4.65. The number of hydrogen-bond acceptors (Lipinski definition) is 2. The van der Waals surface area contributed by atoms with Gasteiger partial charge >= 0.3 is 0 Å². The lowest BCUT2D eigenvalue weighted by Gasteiger charge is -2.16. The lowest BCUT2D eigenvalue weighted by Crippen LogP contribution is -2.02. The van der Waals surface area contributed by atoms with E-state index in [4.69, 9.17) is 4.98 Å². The van der Waals surface area contributed by atoms with Gasteiger partial charge in [-0.05, 0) is 67.5 Å². The average Bonchev–Trinajstić information content (AvgIpc) is 2.91. The van der Waals surface area contributed by atoms with E-state index in [1.165, 1.54) is 36.0 Å². The van der Waals surface area contributed by atoms with Crippen molar-refractivity contribution in [3.05, 3.63) is 58.9 Å². The summed E-state index contributed by atoms with van der Waals surface area (Å²) >= 11 is 0. The van der Waals surface area contributed by atoms with Crippen molar-refractivity contribution < 1.29 is 5.11 Å². The zero-order valence-electron chi connectivity index (χ0n) is 12.8. The van der Waals surface area contributed by atoms with Crippen molar-refractivity contribution in [3.63, 3.8) is 0 Å². The third kappa shape index (κ3) is 2.13. The second-order valence-electron chi connectivity index (χ2n) is 6.19. The van der Waals surface area contributed by atoms with E-state index in [1.54, 1.807) is 0 Å². The Morgan fingerprint density at radius 2 is 1.91 bits per heavy atom. The van der Waals surface area contributed by atoms with E-state index in [9.17, 15) is 5.11 Å². The summed E-state index contributed by atoms with van der Waals surface area (Å²) in [6.45, 7) is 2.06. The maximum Gasteiger partial charge on any atom is 0.138 e. The first-order valence-electron chi connectivity index (χ1n) is 7.97. The minimum atomic E-state index is -0.00333. The van der Waals surface area contributed by atoms with Crippen LogP contribution in [0.5, 0.6) is 0 Å². The van der Waals surface area contributed by atoms with Crippen LogP contribution in [0.4, 0.5) is 0 Å². The standard InChI is InChI=1S/C19H20N2O/c1-13-8-9-21-17(12-22)19(20-18(21)10-13)16-7-6-14-4-2-3-5-15(14)11-16/h6-11,22H,2-5,12H2,1H3. The first-order chi connectivity index (χ1) is 10.8. The van der Waals surface area contributed by atoms with Crippen molar-refractivity contribution in [2.24, 2.45) is 0 Å². The van der Waals surface area contributed by atoms with E-state index in [-0.39, 0.29) is 6.61 Å². The molecule has 0 amide bonds. The van der Waals surface area contributed by atoms with E-state index < -0.39 is 0 Å². The lowest BCUT2D eigenvalue weighted by molar-refractivity contribution is 0.276. The summed E-state index contributed by atoms with van der Waals surface area (Å²) in [5.41, 5.74) is 7.88. The smallest absolute Gasteiger partial charge is 0.138 e. The van der Waals surface area contributed by atoms with Gasteiger partial charge in [0.15, 0.2) is 0 Å². The fourth-order valence-corrected chi connectivity index (χ4v) is 3.46. The Morgan fingerprint density at radius 3 is 2.73 bits per heavy atom. The summed E-state index contributed by atoms with van der Waals surface area (Å²) in [5.74, 6) is 0. The number of pyridine rings is 1. The Balaban J connectivity index is 1.90. The van der Waals surface area contributed by atoms with Crippen LogP contribution >= 0.6 is 0 Å². The Hall–Kier alpha value is -2.13. The van der Waals surface area contributed by atoms with E-state index in [1.807, 2.05) is 16.7 Å². The molecule has 0 spiro atoms. The topological polar surface area (TPSA) is 37.5 Å². The Morgan fingerprint density at radius 1 is 1.09 bits per heavy atom. The Bertz CT molecular complexity index is 848. The number of nitrogens with zero attached hydrogens (tertiary/aromatic N) is 2. The van der Waals surface area contributed by atoms with Crippen LogP contribution < -0.4 is 0 Å². The van der Waals surface area contributed by atoms with Crippen LogP contribution in [0.1, 0.15) is 35.2 Å². The highest BCUT2D eigenvalue weighted by Gasteiger charge is 2.16. The lowest BCUT2D eigenvalue weighted by atomic mass is 9.90. The zero-order valence-corrected chi connectivity index (χ0v) is 12.8. The molecule has 0 radical (unpaired) electrons. The largest absolute Gasteiger partial charge is 0.390 e. The molecule has 0 atom stereocenters. The SMILES string of the molecule is Cc1ccn2c(CO)c(-c3ccc4c(c3)CCCC4)nc2c1. The molecule has 1 aliphatic carbocycles. The molecule has 2 heterocycles. The fraction of sp³-hybridized carbons (Fsp3) is 0.316. The van der Waals surface area contributed by atoms with Crippen molar-refractivity contribution in [3.8, 4) is 11.3 Å². The molecule has 4 rings (SSSR count). The van der Waals surface area contributed by atoms with Gasteiger partial charge in [0.25, 0.3) is 0 Å². The van der Waals surface area contributed by atoms with Gasteiger partial charge in [0.2, 0.25) is 0 Å². The number of hydrogen-bond donors (Lipinski definition) is 1. The molecule has 2 aromatic heterocycles. The van der Waals surface area contributed by atoms with Crippen LogP contribution in [0, 0.1) is 6.92 Å². The molecule has 1 aliphatic rings. The summed E-state index contributed by atoms with van der Waals surface area (Å²) in [6.07, 6.45) is 6.90. The number of aliphatic hydroxyl groups is 1. The molecule has 0 saturated carbocycles. The van der Waals surface area contributed by atoms with Crippen LogP contribution in [0.25, 0.3) is 16.9 Å². The minimum Gasteiger partial charge on any atom is -0.390 e. The number of rotatable bonds is 2. The summed E-state index contributed by atoms with van der Waals surface area (Å²) in [7, 11) is 0. The molecule has 1 N–H and O–H groups in total. The third-order valence-corrected chi connectivity index (χ3v) is 4.65. The predicted octanol–water partition coefficient (Wildman–Crippen LogP) is 3.68. The van der Waals surface area contributed by atoms with Crippen molar-refractivity contribution in [2.45, 2.75) is 39.2 Å². The maximum atomic E-state index is 9.81. The second kappa shape index (κ2) is 5.25. The van der Waals surface area contributed by atoms with Gasteiger partial charge in [-0.1, -0.05) is 12.1 Å². The molecule has 112 valence electrons. The fourth-order valence-electron chi connectivity index (χ4n) is 3.46. The molecule has 0 unspecified atom stereocenters. The van der Waals surface area contributed by atoms with Crippen LogP contribution in [-0.2, 0) is 19.4 Å². The van der Waals surface area contributed by atoms with Gasteiger partial charge in [0, 0.05) is 11.8 Å². The van der Waals surface area contributed by atoms with Gasteiger partial charge in [-0.15, -0.1) is 0 Å². The van der Waals surface area contributed by atoms with Crippen LogP contribution in [-0.4, -0.2) is 14.5 Å². The van der Waals surface area contributed by atoms with Gasteiger partial charge in [0.05, 0.1) is 18.0 Å². The highest BCUT2D eigenvalue weighted by Crippen LogP contribution is 2.29. The number of aromatic nitrogens is 2. The van der Waals surface area contributed by atoms with Gasteiger partial charge < -0.3 is 9.51 Å². The molecule has 0 bridgehead atoms. The normalized spacial score (nSPS) is 14.3. The van der Waals surface area contributed by atoms with E-state index >= 15 is 0 Å². The molecule has 0 fully saturated rings. The minimum absolute atomic E-state index is 0.00333. The van der Waals surface area contributed by atoms with Crippen molar-refractivity contribution in [1.29, 1.82) is 0 Å². The molecule has 3 heteroatoms.